The number of likely N-dealkylation sites (tertiary alicyclic amines) is 1. The second kappa shape index (κ2) is 7.33. The molecule has 0 aromatic carbocycles. The van der Waals surface area contributed by atoms with Gasteiger partial charge >= 0.3 is 0 Å². The van der Waals surface area contributed by atoms with Gasteiger partial charge in [-0.15, -0.1) is 0 Å². The zero-order valence-corrected chi connectivity index (χ0v) is 14.0. The van der Waals surface area contributed by atoms with Crippen molar-refractivity contribution in [2.24, 2.45) is 11.8 Å². The van der Waals surface area contributed by atoms with Gasteiger partial charge in [0.05, 0.1) is 18.9 Å². The smallest absolute Gasteiger partial charge is 0.289 e. The molecule has 0 saturated carbocycles. The third kappa shape index (κ3) is 3.72. The molecule has 2 saturated heterocycles. The molecule has 3 atom stereocenters. The largest absolute Gasteiger partial charge is 0.376 e. The Morgan fingerprint density at radius 2 is 2.32 bits per heavy atom. The first-order valence-electron chi connectivity index (χ1n) is 8.71. The van der Waals surface area contributed by atoms with Gasteiger partial charge < -0.3 is 14.6 Å². The van der Waals surface area contributed by atoms with Gasteiger partial charge in [-0.25, -0.2) is 0 Å². The van der Waals surface area contributed by atoms with Crippen LogP contribution < -0.4 is 5.32 Å². The number of hydrogen-bond acceptors (Lipinski definition) is 6. The Kier molecular flexibility index (Phi) is 4.76. The van der Waals surface area contributed by atoms with E-state index < -0.39 is 0 Å². The van der Waals surface area contributed by atoms with Crippen LogP contribution in [0.4, 0.5) is 0 Å². The summed E-state index contributed by atoms with van der Waals surface area (Å²) in [7, 11) is 0. The summed E-state index contributed by atoms with van der Waals surface area (Å²) >= 11 is 0. The number of fused-ring (bicyclic) bond motifs is 1. The van der Waals surface area contributed by atoms with E-state index in [-0.39, 0.29) is 17.8 Å². The third-order valence-electron chi connectivity index (χ3n) is 5.15. The Morgan fingerprint density at radius 3 is 3.12 bits per heavy atom. The molecule has 132 valence electrons. The van der Waals surface area contributed by atoms with Gasteiger partial charge in [0.25, 0.3) is 5.91 Å². The number of ether oxygens (including phenoxy) is 1. The van der Waals surface area contributed by atoms with Crippen molar-refractivity contribution in [2.75, 3.05) is 26.2 Å². The number of amides is 1. The van der Waals surface area contributed by atoms with Gasteiger partial charge in [0.2, 0.25) is 5.76 Å². The molecule has 0 radical (unpaired) electrons. The number of aromatic nitrogens is 2. The molecule has 1 amide bonds. The maximum atomic E-state index is 12.0. The highest BCUT2D eigenvalue weighted by Gasteiger charge is 2.40. The Hall–Kier alpha value is -2.25. The summed E-state index contributed by atoms with van der Waals surface area (Å²) in [6.45, 7) is 4.27. The van der Waals surface area contributed by atoms with Gasteiger partial charge in [-0.1, -0.05) is 11.2 Å². The minimum Gasteiger partial charge on any atom is -0.376 e. The standard InChI is InChI=1S/C18H22N4O3/c23-18(16-3-6-21-25-16)20-9-17-15-11-22(7-4-14(15)12-24-17)10-13-2-1-5-19-8-13/h1-3,5-6,8,14-15,17H,4,7,9-12H2,(H,20,23)/t14-,15-,17+/m0/s1. The lowest BCUT2D eigenvalue weighted by atomic mass is 9.84. The number of carbonyl (C=O) groups excluding carboxylic acids is 1. The van der Waals surface area contributed by atoms with Crippen molar-refractivity contribution in [3.63, 3.8) is 0 Å². The van der Waals surface area contributed by atoms with Crippen molar-refractivity contribution in [2.45, 2.75) is 19.1 Å². The summed E-state index contributed by atoms with van der Waals surface area (Å²) < 4.78 is 10.8. The van der Waals surface area contributed by atoms with Crippen LogP contribution in [0, 0.1) is 11.8 Å². The third-order valence-corrected chi connectivity index (χ3v) is 5.15. The van der Waals surface area contributed by atoms with E-state index in [1.54, 1.807) is 12.3 Å². The minimum absolute atomic E-state index is 0.0496. The highest BCUT2D eigenvalue weighted by Crippen LogP contribution is 2.34. The number of nitrogens with zero attached hydrogens (tertiary/aromatic N) is 3. The molecular formula is C18H22N4O3. The lowest BCUT2D eigenvalue weighted by Gasteiger charge is -2.36. The second-order valence-corrected chi connectivity index (χ2v) is 6.77. The molecule has 2 aromatic rings. The van der Waals surface area contributed by atoms with Crippen LogP contribution >= 0.6 is 0 Å². The van der Waals surface area contributed by atoms with Crippen molar-refractivity contribution in [3.8, 4) is 0 Å². The first-order chi connectivity index (χ1) is 12.3. The number of rotatable bonds is 5. The van der Waals surface area contributed by atoms with Crippen molar-refractivity contribution >= 4 is 5.91 Å². The fourth-order valence-corrected chi connectivity index (χ4v) is 3.82. The highest BCUT2D eigenvalue weighted by molar-refractivity contribution is 5.91. The van der Waals surface area contributed by atoms with E-state index >= 15 is 0 Å². The first kappa shape index (κ1) is 16.2. The Bertz CT molecular complexity index is 692. The molecule has 2 aromatic heterocycles. The molecule has 7 heteroatoms. The summed E-state index contributed by atoms with van der Waals surface area (Å²) in [6.07, 6.45) is 6.38. The molecule has 2 fully saturated rings. The maximum absolute atomic E-state index is 12.0. The Morgan fingerprint density at radius 1 is 1.36 bits per heavy atom. The summed E-state index contributed by atoms with van der Waals surface area (Å²) in [5, 5.41) is 6.46. The number of nitrogens with one attached hydrogen (secondary N) is 1. The average Bonchev–Trinajstić information content (AvgIpc) is 3.31. The molecule has 0 bridgehead atoms. The predicted octanol–water partition coefficient (Wildman–Crippen LogP) is 1.34. The van der Waals surface area contributed by atoms with Crippen molar-refractivity contribution in [1.82, 2.24) is 20.4 Å². The molecule has 7 nitrogen and oxygen atoms in total. The second-order valence-electron chi connectivity index (χ2n) is 6.77. The predicted molar refractivity (Wildman–Crippen MR) is 89.7 cm³/mol. The van der Waals surface area contributed by atoms with E-state index in [1.807, 2.05) is 12.3 Å². The van der Waals surface area contributed by atoms with Crippen LogP contribution in [-0.4, -0.2) is 53.3 Å². The molecule has 2 aliphatic rings. The van der Waals surface area contributed by atoms with E-state index in [0.29, 0.717) is 18.4 Å². The van der Waals surface area contributed by atoms with Gasteiger partial charge in [0, 0.05) is 44.0 Å². The summed E-state index contributed by atoms with van der Waals surface area (Å²) in [6, 6.07) is 5.64. The Balaban J connectivity index is 1.33. The normalized spacial score (nSPS) is 26.3. The van der Waals surface area contributed by atoms with E-state index in [1.165, 1.54) is 11.8 Å². The number of piperidine rings is 1. The molecule has 0 spiro atoms. The molecular weight excluding hydrogens is 320 g/mol. The van der Waals surface area contributed by atoms with Gasteiger partial charge in [0.15, 0.2) is 0 Å². The molecule has 25 heavy (non-hydrogen) atoms. The van der Waals surface area contributed by atoms with Gasteiger partial charge in [-0.2, -0.15) is 0 Å². The van der Waals surface area contributed by atoms with Crippen LogP contribution in [0.25, 0.3) is 0 Å². The molecule has 1 N–H and O–H groups in total. The number of hydrogen-bond donors (Lipinski definition) is 1. The summed E-state index contributed by atoms with van der Waals surface area (Å²) in [5.41, 5.74) is 1.23. The quantitative estimate of drug-likeness (QED) is 0.883. The summed E-state index contributed by atoms with van der Waals surface area (Å²) in [5.74, 6) is 1.02. The van der Waals surface area contributed by atoms with Crippen molar-refractivity contribution in [3.05, 3.63) is 48.1 Å². The zero-order chi connectivity index (χ0) is 17.1. The number of carbonyl (C=O) groups is 1. The lowest BCUT2D eigenvalue weighted by molar-refractivity contribution is 0.0664. The average molecular weight is 342 g/mol. The topological polar surface area (TPSA) is 80.5 Å². The van der Waals surface area contributed by atoms with Crippen LogP contribution in [0.3, 0.4) is 0 Å². The van der Waals surface area contributed by atoms with Crippen molar-refractivity contribution < 1.29 is 14.1 Å². The van der Waals surface area contributed by atoms with Gasteiger partial charge in [-0.3, -0.25) is 14.7 Å². The minimum atomic E-state index is -0.243. The van der Waals surface area contributed by atoms with Crippen LogP contribution in [-0.2, 0) is 11.3 Å². The summed E-state index contributed by atoms with van der Waals surface area (Å²) in [4.78, 5) is 18.7. The Labute approximate surface area is 146 Å². The monoisotopic (exact) mass is 342 g/mol. The fourth-order valence-electron chi connectivity index (χ4n) is 3.82. The maximum Gasteiger partial charge on any atom is 0.289 e. The van der Waals surface area contributed by atoms with Crippen LogP contribution in [0.2, 0.25) is 0 Å². The number of pyridine rings is 1. The first-order valence-corrected chi connectivity index (χ1v) is 8.71. The van der Waals surface area contributed by atoms with Crippen LogP contribution in [0.15, 0.2) is 41.3 Å². The van der Waals surface area contributed by atoms with E-state index in [0.717, 1.165) is 32.7 Å². The highest BCUT2D eigenvalue weighted by atomic mass is 16.5. The van der Waals surface area contributed by atoms with E-state index in [9.17, 15) is 4.79 Å². The molecule has 2 aliphatic heterocycles. The van der Waals surface area contributed by atoms with Gasteiger partial charge in [-0.05, 0) is 30.5 Å². The molecule has 0 unspecified atom stereocenters. The molecule has 4 rings (SSSR count). The SMILES string of the molecule is O=C(NC[C@H]1OC[C@@H]2CCN(Cc3cccnc3)C[C@@H]21)c1ccno1. The fraction of sp³-hybridized carbons (Fsp3) is 0.500. The zero-order valence-electron chi connectivity index (χ0n) is 14.0. The van der Waals surface area contributed by atoms with Crippen LogP contribution in [0.5, 0.6) is 0 Å². The van der Waals surface area contributed by atoms with E-state index in [2.05, 4.69) is 26.4 Å². The lowest BCUT2D eigenvalue weighted by Crippen LogP contribution is -2.45. The molecule has 4 heterocycles. The van der Waals surface area contributed by atoms with E-state index in [4.69, 9.17) is 9.26 Å². The van der Waals surface area contributed by atoms with Crippen molar-refractivity contribution in [1.29, 1.82) is 0 Å². The van der Waals surface area contributed by atoms with Gasteiger partial charge in [0.1, 0.15) is 0 Å². The molecule has 0 aliphatic carbocycles. The van der Waals surface area contributed by atoms with Crippen LogP contribution in [0.1, 0.15) is 22.5 Å².